The first-order valence-electron chi connectivity index (χ1n) is 33.2. The molecule has 0 aliphatic heterocycles. The van der Waals surface area contributed by atoms with E-state index in [0.717, 1.165) is 69.6 Å². The van der Waals surface area contributed by atoms with Crippen LogP contribution in [0.2, 0.25) is 0 Å². The second-order valence-corrected chi connectivity index (χ2v) is 24.1. The molecule has 0 heterocycles. The average molecular weight is 1030 g/mol. The lowest BCUT2D eigenvalue weighted by Crippen LogP contribution is -2.30. The summed E-state index contributed by atoms with van der Waals surface area (Å²) in [5, 5.41) is 0. The van der Waals surface area contributed by atoms with Crippen molar-refractivity contribution in [3.8, 4) is 0 Å². The Hall–Kier alpha value is -1.59. The van der Waals surface area contributed by atoms with E-state index in [1.165, 1.54) is 270 Å². The molecule has 0 aliphatic rings. The fraction of sp³-hybridized carbons (Fsp3) is 0.955. The van der Waals surface area contributed by atoms with Crippen molar-refractivity contribution in [2.45, 2.75) is 387 Å². The summed E-state index contributed by atoms with van der Waals surface area (Å²) in [5.41, 5.74) is 0. The molecule has 0 aliphatic carbocycles. The van der Waals surface area contributed by atoms with Crippen molar-refractivity contribution >= 4 is 17.9 Å². The van der Waals surface area contributed by atoms with E-state index in [0.29, 0.717) is 19.3 Å². The normalized spacial score (nSPS) is 12.0. The van der Waals surface area contributed by atoms with Crippen LogP contribution in [0, 0.1) is 11.8 Å². The first kappa shape index (κ1) is 71.4. The summed E-state index contributed by atoms with van der Waals surface area (Å²) in [6.45, 7) is 11.5. The van der Waals surface area contributed by atoms with Gasteiger partial charge in [-0.25, -0.2) is 0 Å². The monoisotopic (exact) mass is 1030 g/mol. The van der Waals surface area contributed by atoms with Gasteiger partial charge in [-0.3, -0.25) is 14.4 Å². The van der Waals surface area contributed by atoms with Crippen LogP contribution >= 0.6 is 0 Å². The van der Waals surface area contributed by atoms with Gasteiger partial charge in [0.2, 0.25) is 0 Å². The van der Waals surface area contributed by atoms with Gasteiger partial charge in [0, 0.05) is 19.3 Å². The van der Waals surface area contributed by atoms with Crippen molar-refractivity contribution in [1.82, 2.24) is 0 Å². The summed E-state index contributed by atoms with van der Waals surface area (Å²) in [4.78, 5) is 38.3. The molecule has 0 spiro atoms. The van der Waals surface area contributed by atoms with E-state index >= 15 is 0 Å². The van der Waals surface area contributed by atoms with Gasteiger partial charge < -0.3 is 14.2 Å². The Bertz CT molecular complexity index is 1120. The third-order valence-corrected chi connectivity index (χ3v) is 15.5. The molecule has 0 amide bonds. The van der Waals surface area contributed by atoms with Crippen LogP contribution in [0.4, 0.5) is 0 Å². The number of esters is 3. The molecule has 6 nitrogen and oxygen atoms in total. The van der Waals surface area contributed by atoms with Gasteiger partial charge >= 0.3 is 17.9 Å². The molecule has 434 valence electrons. The molecule has 0 bridgehead atoms. The fourth-order valence-electron chi connectivity index (χ4n) is 10.5. The van der Waals surface area contributed by atoms with E-state index in [2.05, 4.69) is 34.6 Å². The van der Waals surface area contributed by atoms with Crippen molar-refractivity contribution in [2.75, 3.05) is 13.2 Å². The number of hydrogen-bond acceptors (Lipinski definition) is 6. The molecule has 0 aromatic carbocycles. The minimum absolute atomic E-state index is 0.0615. The van der Waals surface area contributed by atoms with Crippen LogP contribution in [-0.2, 0) is 28.6 Å². The van der Waals surface area contributed by atoms with E-state index in [4.69, 9.17) is 14.2 Å². The third kappa shape index (κ3) is 61.1. The summed E-state index contributed by atoms with van der Waals surface area (Å²) in [6, 6.07) is 0. The number of carbonyl (C=O) groups is 3. The fourth-order valence-corrected chi connectivity index (χ4v) is 10.5. The predicted octanol–water partition coefficient (Wildman–Crippen LogP) is 22.4. The predicted molar refractivity (Wildman–Crippen MR) is 316 cm³/mol. The SMILES string of the molecule is CCCCCCCCCCCCCCCC(=O)OC[C@@H](COC(=O)CCCCCCCCCCCCCCCCCCCCC(C)C)OC(=O)CCCCCCCCCCCCCCCCCCCCC(C)C. The van der Waals surface area contributed by atoms with Crippen LogP contribution in [0.5, 0.6) is 0 Å². The maximum absolute atomic E-state index is 12.9. The van der Waals surface area contributed by atoms with Gasteiger partial charge in [0.15, 0.2) is 6.10 Å². The molecule has 0 aromatic heterocycles. The highest BCUT2D eigenvalue weighted by molar-refractivity contribution is 5.71. The Kier molecular flexibility index (Phi) is 58.4. The second kappa shape index (κ2) is 59.7. The van der Waals surface area contributed by atoms with E-state index in [1.54, 1.807) is 0 Å². The van der Waals surface area contributed by atoms with Gasteiger partial charge in [0.25, 0.3) is 0 Å². The first-order chi connectivity index (χ1) is 35.7. The molecule has 0 rings (SSSR count). The minimum atomic E-state index is -0.763. The summed E-state index contributed by atoms with van der Waals surface area (Å²) in [7, 11) is 0. The molecule has 0 N–H and O–H groups in total. The van der Waals surface area contributed by atoms with Crippen LogP contribution < -0.4 is 0 Å². The van der Waals surface area contributed by atoms with Gasteiger partial charge in [-0.15, -0.1) is 0 Å². The van der Waals surface area contributed by atoms with E-state index in [-0.39, 0.29) is 31.1 Å². The second-order valence-electron chi connectivity index (χ2n) is 24.1. The molecule has 0 aromatic rings. The molecule has 0 unspecified atom stereocenters. The standard InChI is InChI=1S/C67H130O6/c1-6-7-8-9-10-11-12-25-32-37-42-47-52-57-65(68)71-60-64(73-67(70)59-54-49-44-39-34-29-24-20-16-14-18-22-27-31-36-41-46-51-56-63(4)5)61-72-66(69)58-53-48-43-38-33-28-23-19-15-13-17-21-26-30-35-40-45-50-55-62(2)3/h62-64H,6-61H2,1-5H3/t64-/m0/s1. The smallest absolute Gasteiger partial charge is 0.306 e. The van der Waals surface area contributed by atoms with E-state index < -0.39 is 6.10 Å². The lowest BCUT2D eigenvalue weighted by Gasteiger charge is -2.18. The number of carbonyl (C=O) groups excluding carboxylic acids is 3. The maximum Gasteiger partial charge on any atom is 0.306 e. The Morgan fingerprint density at radius 2 is 0.452 bits per heavy atom. The lowest BCUT2D eigenvalue weighted by molar-refractivity contribution is -0.167. The van der Waals surface area contributed by atoms with Crippen molar-refractivity contribution in [3.63, 3.8) is 0 Å². The zero-order valence-electron chi connectivity index (χ0n) is 50.3. The van der Waals surface area contributed by atoms with Gasteiger partial charge in [-0.1, -0.05) is 343 Å². The molecule has 6 heteroatoms. The molecular weight excluding hydrogens is 901 g/mol. The quantitative estimate of drug-likeness (QED) is 0.0343. The molecule has 0 radical (unpaired) electrons. The highest BCUT2D eigenvalue weighted by atomic mass is 16.6. The van der Waals surface area contributed by atoms with Crippen LogP contribution in [0.25, 0.3) is 0 Å². The maximum atomic E-state index is 12.9. The number of unbranched alkanes of at least 4 members (excludes halogenated alkanes) is 46. The Balaban J connectivity index is 4.23. The summed E-state index contributed by atoms with van der Waals surface area (Å²) < 4.78 is 17.0. The van der Waals surface area contributed by atoms with Crippen LogP contribution in [0.3, 0.4) is 0 Å². The Morgan fingerprint density at radius 3 is 0.671 bits per heavy atom. The highest BCUT2D eigenvalue weighted by Crippen LogP contribution is 2.19. The molecular formula is C67H130O6. The van der Waals surface area contributed by atoms with Crippen LogP contribution in [0.1, 0.15) is 381 Å². The van der Waals surface area contributed by atoms with Crippen LogP contribution in [-0.4, -0.2) is 37.2 Å². The van der Waals surface area contributed by atoms with Crippen molar-refractivity contribution < 1.29 is 28.6 Å². The van der Waals surface area contributed by atoms with E-state index in [9.17, 15) is 14.4 Å². The zero-order valence-corrected chi connectivity index (χ0v) is 50.3. The lowest BCUT2D eigenvalue weighted by atomic mass is 10.0. The van der Waals surface area contributed by atoms with Crippen molar-refractivity contribution in [2.24, 2.45) is 11.8 Å². The van der Waals surface area contributed by atoms with Gasteiger partial charge in [-0.2, -0.15) is 0 Å². The van der Waals surface area contributed by atoms with E-state index in [1.807, 2.05) is 0 Å². The summed E-state index contributed by atoms with van der Waals surface area (Å²) >= 11 is 0. The van der Waals surface area contributed by atoms with Gasteiger partial charge in [0.05, 0.1) is 0 Å². The minimum Gasteiger partial charge on any atom is -0.462 e. The topological polar surface area (TPSA) is 78.9 Å². The number of hydrogen-bond donors (Lipinski definition) is 0. The first-order valence-corrected chi connectivity index (χ1v) is 33.2. The van der Waals surface area contributed by atoms with Gasteiger partial charge in [0.1, 0.15) is 13.2 Å². The molecule has 1 atom stereocenters. The number of rotatable bonds is 61. The summed E-state index contributed by atoms with van der Waals surface area (Å²) in [6.07, 6.45) is 66.8. The molecule has 73 heavy (non-hydrogen) atoms. The van der Waals surface area contributed by atoms with Crippen molar-refractivity contribution in [1.29, 1.82) is 0 Å². The molecule has 0 saturated heterocycles. The number of ether oxygens (including phenoxy) is 3. The van der Waals surface area contributed by atoms with Crippen LogP contribution in [0.15, 0.2) is 0 Å². The largest absolute Gasteiger partial charge is 0.462 e. The molecule has 0 fully saturated rings. The Morgan fingerprint density at radius 1 is 0.260 bits per heavy atom. The van der Waals surface area contributed by atoms with Crippen molar-refractivity contribution in [3.05, 3.63) is 0 Å². The third-order valence-electron chi connectivity index (χ3n) is 15.5. The average Bonchev–Trinajstić information content (AvgIpc) is 3.37. The molecule has 0 saturated carbocycles. The van der Waals surface area contributed by atoms with Gasteiger partial charge in [-0.05, 0) is 31.1 Å². The highest BCUT2D eigenvalue weighted by Gasteiger charge is 2.19. The zero-order chi connectivity index (χ0) is 53.2. The Labute approximate surface area is 457 Å². The summed E-state index contributed by atoms with van der Waals surface area (Å²) in [5.74, 6) is 0.889.